The molecule has 27 heavy (non-hydrogen) atoms. The molecule has 1 aliphatic heterocycles. The maximum Gasteiger partial charge on any atom is 0.353 e. The minimum atomic E-state index is -1.23. The van der Waals surface area contributed by atoms with Gasteiger partial charge in [0.2, 0.25) is 5.60 Å². The van der Waals surface area contributed by atoms with Crippen LogP contribution in [0.2, 0.25) is 5.02 Å². The molecular formula is C19H19ClFN3O3. The lowest BCUT2D eigenvalue weighted by Crippen LogP contribution is -2.37. The molecule has 0 saturated heterocycles. The third-order valence-corrected chi connectivity index (χ3v) is 4.58. The molecule has 142 valence electrons. The molecule has 6 nitrogen and oxygen atoms in total. The molecule has 1 unspecified atom stereocenters. The number of aryl methyl sites for hydroxylation is 2. The van der Waals surface area contributed by atoms with Crippen LogP contribution in [0.15, 0.2) is 23.5 Å². The van der Waals surface area contributed by atoms with Crippen molar-refractivity contribution in [1.29, 1.82) is 0 Å². The van der Waals surface area contributed by atoms with Gasteiger partial charge in [-0.15, -0.1) is 0 Å². The van der Waals surface area contributed by atoms with Gasteiger partial charge in [-0.1, -0.05) is 16.8 Å². The van der Waals surface area contributed by atoms with E-state index in [1.807, 2.05) is 0 Å². The monoisotopic (exact) mass is 391 g/mol. The van der Waals surface area contributed by atoms with Crippen LogP contribution in [0.25, 0.3) is 11.3 Å². The molecule has 1 aromatic carbocycles. The summed E-state index contributed by atoms with van der Waals surface area (Å²) in [7, 11) is 0. The van der Waals surface area contributed by atoms with Crippen molar-refractivity contribution in [1.82, 2.24) is 9.97 Å². The standard InChI is InChI=1S/C19H19ClFN3O3/c1-5-26-18(25)19(4)8-16(24-27-19)12-6-13(15(21)7-14(12)20)17-11(3)22-9-10(2)23-17/h6-7,9H,5,8H2,1-4H3. The van der Waals surface area contributed by atoms with Gasteiger partial charge in [-0.3, -0.25) is 4.98 Å². The zero-order chi connectivity index (χ0) is 19.8. The van der Waals surface area contributed by atoms with Crippen LogP contribution >= 0.6 is 11.6 Å². The molecule has 1 aliphatic rings. The van der Waals surface area contributed by atoms with Gasteiger partial charge in [-0.25, -0.2) is 14.2 Å². The number of carbonyl (C=O) groups excluding carboxylic acids is 1. The van der Waals surface area contributed by atoms with E-state index >= 15 is 0 Å². The van der Waals surface area contributed by atoms with Crippen molar-refractivity contribution in [2.24, 2.45) is 5.16 Å². The van der Waals surface area contributed by atoms with Gasteiger partial charge in [0.15, 0.2) is 0 Å². The molecule has 0 spiro atoms. The van der Waals surface area contributed by atoms with Gasteiger partial charge in [-0.05, 0) is 39.8 Å². The number of halogens is 2. The first kappa shape index (κ1) is 19.2. The molecule has 0 fully saturated rings. The van der Waals surface area contributed by atoms with Crippen molar-refractivity contribution in [2.75, 3.05) is 6.61 Å². The van der Waals surface area contributed by atoms with Crippen molar-refractivity contribution >= 4 is 23.3 Å². The summed E-state index contributed by atoms with van der Waals surface area (Å²) >= 11 is 6.25. The lowest BCUT2D eigenvalue weighted by Gasteiger charge is -2.18. The Morgan fingerprint density at radius 1 is 1.37 bits per heavy atom. The minimum Gasteiger partial charge on any atom is -0.463 e. The van der Waals surface area contributed by atoms with Crippen LogP contribution in [-0.4, -0.2) is 33.9 Å². The summed E-state index contributed by atoms with van der Waals surface area (Å²) in [5.74, 6) is -1.03. The van der Waals surface area contributed by atoms with Crippen molar-refractivity contribution in [3.8, 4) is 11.3 Å². The Balaban J connectivity index is 2.01. The predicted octanol–water partition coefficient (Wildman–Crippen LogP) is 4.00. The molecule has 8 heteroatoms. The van der Waals surface area contributed by atoms with Crippen LogP contribution in [-0.2, 0) is 14.4 Å². The van der Waals surface area contributed by atoms with Gasteiger partial charge in [0, 0.05) is 23.7 Å². The fraction of sp³-hybridized carbons (Fsp3) is 0.368. The molecule has 2 heterocycles. The summed E-state index contributed by atoms with van der Waals surface area (Å²) in [5.41, 5.74) is 1.63. The Kier molecular flexibility index (Phi) is 5.15. The molecule has 0 radical (unpaired) electrons. The first-order valence-electron chi connectivity index (χ1n) is 8.47. The Morgan fingerprint density at radius 3 is 2.81 bits per heavy atom. The number of carbonyl (C=O) groups is 1. The maximum atomic E-state index is 14.6. The van der Waals surface area contributed by atoms with E-state index in [4.69, 9.17) is 21.2 Å². The van der Waals surface area contributed by atoms with Crippen LogP contribution in [0, 0.1) is 19.7 Å². The molecule has 1 atom stereocenters. The topological polar surface area (TPSA) is 73.7 Å². The van der Waals surface area contributed by atoms with Crippen molar-refractivity contribution in [3.05, 3.63) is 46.1 Å². The number of nitrogens with zero attached hydrogens (tertiary/aromatic N) is 3. The molecule has 0 amide bonds. The van der Waals surface area contributed by atoms with Crippen LogP contribution in [0.5, 0.6) is 0 Å². The summed E-state index contributed by atoms with van der Waals surface area (Å²) < 4.78 is 19.6. The highest BCUT2D eigenvalue weighted by Gasteiger charge is 2.44. The van der Waals surface area contributed by atoms with Gasteiger partial charge in [0.25, 0.3) is 0 Å². The van der Waals surface area contributed by atoms with E-state index in [9.17, 15) is 9.18 Å². The van der Waals surface area contributed by atoms with Crippen molar-refractivity contribution in [2.45, 2.75) is 39.7 Å². The first-order chi connectivity index (χ1) is 12.7. The average molecular weight is 392 g/mol. The summed E-state index contributed by atoms with van der Waals surface area (Å²) in [5, 5.41) is 4.17. The van der Waals surface area contributed by atoms with E-state index in [1.54, 1.807) is 40.0 Å². The highest BCUT2D eigenvalue weighted by atomic mass is 35.5. The van der Waals surface area contributed by atoms with Gasteiger partial charge in [-0.2, -0.15) is 0 Å². The predicted molar refractivity (Wildman–Crippen MR) is 99.2 cm³/mol. The second kappa shape index (κ2) is 7.23. The minimum absolute atomic E-state index is 0.162. The zero-order valence-electron chi connectivity index (χ0n) is 15.5. The third kappa shape index (κ3) is 3.64. The highest BCUT2D eigenvalue weighted by molar-refractivity contribution is 6.34. The highest BCUT2D eigenvalue weighted by Crippen LogP contribution is 2.34. The summed E-state index contributed by atoms with van der Waals surface area (Å²) in [6, 6.07) is 2.77. The van der Waals surface area contributed by atoms with Gasteiger partial charge in [0.05, 0.1) is 34.4 Å². The summed E-state index contributed by atoms with van der Waals surface area (Å²) in [6.07, 6.45) is 1.78. The smallest absolute Gasteiger partial charge is 0.353 e. The molecular weight excluding hydrogens is 373 g/mol. The lowest BCUT2D eigenvalue weighted by molar-refractivity contribution is -0.166. The van der Waals surface area contributed by atoms with E-state index in [0.29, 0.717) is 28.4 Å². The Morgan fingerprint density at radius 2 is 2.11 bits per heavy atom. The maximum absolute atomic E-state index is 14.6. The Hall–Kier alpha value is -2.54. The van der Waals surface area contributed by atoms with E-state index in [0.717, 1.165) is 0 Å². The number of benzene rings is 1. The summed E-state index contributed by atoms with van der Waals surface area (Å²) in [4.78, 5) is 26.1. The number of oxime groups is 1. The molecule has 3 rings (SSSR count). The first-order valence-corrected chi connectivity index (χ1v) is 8.85. The van der Waals surface area contributed by atoms with Crippen molar-refractivity contribution < 1.29 is 18.8 Å². The molecule has 2 aromatic rings. The second-order valence-corrected chi connectivity index (χ2v) is 6.92. The number of ether oxygens (including phenoxy) is 1. The van der Waals surface area contributed by atoms with Crippen LogP contribution in [0.1, 0.15) is 37.2 Å². The number of hydrogen-bond donors (Lipinski definition) is 0. The van der Waals surface area contributed by atoms with Gasteiger partial charge >= 0.3 is 5.97 Å². The third-order valence-electron chi connectivity index (χ3n) is 4.27. The Labute approximate surface area is 161 Å². The molecule has 0 aliphatic carbocycles. The molecule has 0 saturated carbocycles. The van der Waals surface area contributed by atoms with Crippen LogP contribution < -0.4 is 0 Å². The van der Waals surface area contributed by atoms with Crippen LogP contribution in [0.3, 0.4) is 0 Å². The number of hydrogen-bond acceptors (Lipinski definition) is 6. The van der Waals surface area contributed by atoms with E-state index in [1.165, 1.54) is 6.07 Å². The van der Waals surface area contributed by atoms with Gasteiger partial charge < -0.3 is 9.57 Å². The SMILES string of the molecule is CCOC(=O)C1(C)CC(c2cc(-c3nc(C)cnc3C)c(F)cc2Cl)=NO1. The normalized spacial score (nSPS) is 18.8. The molecule has 0 N–H and O–H groups in total. The van der Waals surface area contributed by atoms with Crippen LogP contribution in [0.4, 0.5) is 4.39 Å². The number of esters is 1. The van der Waals surface area contributed by atoms with E-state index in [2.05, 4.69) is 15.1 Å². The van der Waals surface area contributed by atoms with E-state index in [-0.39, 0.29) is 23.6 Å². The fourth-order valence-corrected chi connectivity index (χ4v) is 3.08. The zero-order valence-corrected chi connectivity index (χ0v) is 16.2. The quantitative estimate of drug-likeness (QED) is 0.736. The fourth-order valence-electron chi connectivity index (χ4n) is 2.82. The average Bonchev–Trinajstić information content (AvgIpc) is 3.01. The number of rotatable bonds is 4. The lowest BCUT2D eigenvalue weighted by atomic mass is 9.94. The number of aromatic nitrogens is 2. The second-order valence-electron chi connectivity index (χ2n) is 6.51. The summed E-state index contributed by atoms with van der Waals surface area (Å²) in [6.45, 7) is 7.08. The molecule has 1 aromatic heterocycles. The Bertz CT molecular complexity index is 948. The van der Waals surface area contributed by atoms with E-state index < -0.39 is 17.4 Å². The van der Waals surface area contributed by atoms with Crippen molar-refractivity contribution in [3.63, 3.8) is 0 Å². The molecule has 0 bridgehead atoms. The van der Waals surface area contributed by atoms with Gasteiger partial charge in [0.1, 0.15) is 5.82 Å². The largest absolute Gasteiger partial charge is 0.463 e.